The van der Waals surface area contributed by atoms with E-state index < -0.39 is 22.3 Å². The van der Waals surface area contributed by atoms with Crippen molar-refractivity contribution in [1.29, 1.82) is 0 Å². The van der Waals surface area contributed by atoms with E-state index in [0.29, 0.717) is 12.2 Å². The van der Waals surface area contributed by atoms with Gasteiger partial charge < -0.3 is 14.8 Å². The van der Waals surface area contributed by atoms with Crippen LogP contribution in [0.15, 0.2) is 96.4 Å². The lowest BCUT2D eigenvalue weighted by molar-refractivity contribution is 0.137. The summed E-state index contributed by atoms with van der Waals surface area (Å²) in [5, 5.41) is 3.78. The Kier molecular flexibility index (Phi) is 13.0. The Morgan fingerprint density at radius 3 is 2.12 bits per heavy atom. The predicted molar refractivity (Wildman–Crippen MR) is 170 cm³/mol. The van der Waals surface area contributed by atoms with Crippen LogP contribution in [-0.4, -0.2) is 39.5 Å². The van der Waals surface area contributed by atoms with Gasteiger partial charge in [-0.05, 0) is 53.2 Å². The minimum atomic E-state index is -3.97. The van der Waals surface area contributed by atoms with Gasteiger partial charge in [0.25, 0.3) is 10.1 Å². The van der Waals surface area contributed by atoms with Crippen molar-refractivity contribution in [1.82, 2.24) is 5.32 Å². The van der Waals surface area contributed by atoms with Crippen LogP contribution in [0.4, 0.5) is 4.79 Å². The number of benzene rings is 3. The van der Waals surface area contributed by atoms with Gasteiger partial charge >= 0.3 is 6.09 Å². The van der Waals surface area contributed by atoms with Crippen molar-refractivity contribution in [3.8, 4) is 5.75 Å². The van der Waals surface area contributed by atoms with Gasteiger partial charge in [-0.25, -0.2) is 4.79 Å². The fourth-order valence-electron chi connectivity index (χ4n) is 3.89. The fraction of sp³-hybridized carbons (Fsp3) is 0.364. The lowest BCUT2D eigenvalue weighted by atomic mass is 9.99. The smallest absolute Gasteiger partial charge is 0.407 e. The minimum Gasteiger partial charge on any atom is -0.497 e. The maximum Gasteiger partial charge on any atom is 0.407 e. The largest absolute Gasteiger partial charge is 0.497 e. The molecule has 1 N–H and O–H groups in total. The van der Waals surface area contributed by atoms with Crippen LogP contribution in [0.5, 0.6) is 5.75 Å². The molecule has 0 heterocycles. The highest BCUT2D eigenvalue weighted by molar-refractivity contribution is 7.99. The van der Waals surface area contributed by atoms with Crippen LogP contribution in [0, 0.1) is 5.41 Å². The first-order valence-electron chi connectivity index (χ1n) is 13.9. The number of carbonyl (C=O) groups excluding carboxylic acids is 1. The Morgan fingerprint density at radius 2 is 1.52 bits per heavy atom. The zero-order valence-corrected chi connectivity index (χ0v) is 26.3. The van der Waals surface area contributed by atoms with Gasteiger partial charge in [0, 0.05) is 11.0 Å². The van der Waals surface area contributed by atoms with E-state index in [-0.39, 0.29) is 23.9 Å². The first-order chi connectivity index (χ1) is 20.0. The Hall–Kier alpha value is -3.27. The second-order valence-electron chi connectivity index (χ2n) is 11.1. The Bertz CT molecular complexity index is 1360. The summed E-state index contributed by atoms with van der Waals surface area (Å²) in [6, 6.07) is 26.6. The molecule has 42 heavy (non-hydrogen) atoms. The summed E-state index contributed by atoms with van der Waals surface area (Å²) in [7, 11) is -2.35. The average Bonchev–Trinajstić information content (AvgIpc) is 2.98. The van der Waals surface area contributed by atoms with Crippen LogP contribution in [0.2, 0.25) is 0 Å². The summed E-state index contributed by atoms with van der Waals surface area (Å²) < 4.78 is 41.5. The molecule has 0 spiro atoms. The van der Waals surface area contributed by atoms with Crippen molar-refractivity contribution < 1.29 is 26.9 Å². The second kappa shape index (κ2) is 16.4. The molecule has 3 aromatic rings. The van der Waals surface area contributed by atoms with Crippen molar-refractivity contribution >= 4 is 28.0 Å². The molecule has 0 fully saturated rings. The molecule has 1 amide bonds. The molecule has 0 saturated carbocycles. The van der Waals surface area contributed by atoms with E-state index in [1.165, 1.54) is 6.08 Å². The molecular formula is C33H41NO6S2. The molecule has 0 radical (unpaired) electrons. The van der Waals surface area contributed by atoms with E-state index in [4.69, 9.17) is 13.7 Å². The van der Waals surface area contributed by atoms with E-state index in [2.05, 4.69) is 17.4 Å². The number of rotatable bonds is 15. The van der Waals surface area contributed by atoms with Crippen LogP contribution in [0.25, 0.3) is 0 Å². The van der Waals surface area contributed by atoms with Crippen LogP contribution in [-0.2, 0) is 37.8 Å². The van der Waals surface area contributed by atoms with Crippen LogP contribution in [0.1, 0.15) is 43.9 Å². The zero-order valence-electron chi connectivity index (χ0n) is 24.7. The molecular weight excluding hydrogens is 570 g/mol. The highest BCUT2D eigenvalue weighted by atomic mass is 32.2. The number of amides is 1. The normalized spacial score (nSPS) is 13.4. The van der Waals surface area contributed by atoms with Gasteiger partial charge in [-0.3, -0.25) is 4.18 Å². The topological polar surface area (TPSA) is 90.9 Å². The number of nitrogens with one attached hydrogen (secondary N) is 1. The molecule has 7 nitrogen and oxygen atoms in total. The van der Waals surface area contributed by atoms with Gasteiger partial charge in [0.15, 0.2) is 0 Å². The molecule has 226 valence electrons. The van der Waals surface area contributed by atoms with E-state index in [1.807, 2.05) is 93.6 Å². The van der Waals surface area contributed by atoms with Crippen molar-refractivity contribution in [2.45, 2.75) is 57.3 Å². The van der Waals surface area contributed by atoms with Gasteiger partial charge in [0.2, 0.25) is 0 Å². The Balaban J connectivity index is 1.82. The molecule has 0 aliphatic carbocycles. The third kappa shape index (κ3) is 12.7. The number of thioether (sulfide) groups is 1. The van der Waals surface area contributed by atoms with Crippen molar-refractivity contribution in [2.75, 3.05) is 13.7 Å². The number of aryl methyl sites for hydroxylation is 1. The number of hydrogen-bond acceptors (Lipinski definition) is 7. The van der Waals surface area contributed by atoms with E-state index in [1.54, 1.807) is 18.9 Å². The average molecular weight is 612 g/mol. The highest BCUT2D eigenvalue weighted by Gasteiger charge is 2.24. The summed E-state index contributed by atoms with van der Waals surface area (Å²) in [6.07, 6.45) is 2.30. The molecule has 0 unspecified atom stereocenters. The standard InChI is InChI=1S/C33H41NO6S2/c1-33(2,3)25-40-42(36,37)22-21-30(34-32(35)39-23-27-13-9-6-10-14-27)31(20-17-26-11-7-5-8-12-26)41-24-28-15-18-29(38-4)19-16-28/h5-16,18-19,21-22,30-31H,17,20,23-25H2,1-4H3,(H,34,35)/t30-,31-/m1/s1. The van der Waals surface area contributed by atoms with E-state index in [0.717, 1.165) is 34.3 Å². The minimum absolute atomic E-state index is 0.0422. The monoisotopic (exact) mass is 611 g/mol. The van der Waals surface area contributed by atoms with Gasteiger partial charge in [-0.1, -0.05) is 93.6 Å². The molecule has 0 saturated heterocycles. The van der Waals surface area contributed by atoms with E-state index in [9.17, 15) is 13.2 Å². The van der Waals surface area contributed by atoms with Crippen molar-refractivity contribution in [2.24, 2.45) is 5.41 Å². The van der Waals surface area contributed by atoms with Crippen LogP contribution in [0.3, 0.4) is 0 Å². The Labute approximate surface area is 254 Å². The fourth-order valence-corrected chi connectivity index (χ4v) is 6.10. The highest BCUT2D eigenvalue weighted by Crippen LogP contribution is 2.27. The molecule has 0 aromatic heterocycles. The first kappa shape index (κ1) is 33.2. The van der Waals surface area contributed by atoms with Crippen LogP contribution >= 0.6 is 11.8 Å². The molecule has 0 bridgehead atoms. The van der Waals surface area contributed by atoms with Crippen LogP contribution < -0.4 is 10.1 Å². The molecule has 9 heteroatoms. The Morgan fingerprint density at radius 1 is 0.905 bits per heavy atom. The summed E-state index contributed by atoms with van der Waals surface area (Å²) >= 11 is 1.64. The summed E-state index contributed by atoms with van der Waals surface area (Å²) in [5.41, 5.74) is 2.77. The molecule has 3 aromatic carbocycles. The number of carbonyl (C=O) groups is 1. The van der Waals surface area contributed by atoms with Gasteiger partial charge in [0.05, 0.1) is 25.2 Å². The number of alkyl carbamates (subject to hydrolysis) is 1. The third-order valence-electron chi connectivity index (χ3n) is 6.19. The number of ether oxygens (including phenoxy) is 2. The molecule has 3 rings (SSSR count). The maximum absolute atomic E-state index is 13.0. The summed E-state index contributed by atoms with van der Waals surface area (Å²) in [4.78, 5) is 13.0. The number of methoxy groups -OCH3 is 1. The SMILES string of the molecule is COc1ccc(CS[C@H](CCc2ccccc2)[C@@H](C=CS(=O)(=O)OCC(C)(C)C)NC(=O)OCc2ccccc2)cc1. The third-order valence-corrected chi connectivity index (χ3v) is 8.58. The molecule has 0 aliphatic heterocycles. The van der Waals surface area contributed by atoms with Gasteiger partial charge in [-0.15, -0.1) is 0 Å². The zero-order chi connectivity index (χ0) is 30.4. The lowest BCUT2D eigenvalue weighted by Gasteiger charge is -2.26. The second-order valence-corrected chi connectivity index (χ2v) is 13.8. The van der Waals surface area contributed by atoms with Crippen molar-refractivity contribution in [3.63, 3.8) is 0 Å². The summed E-state index contributed by atoms with van der Waals surface area (Å²) in [6.45, 7) is 5.84. The lowest BCUT2D eigenvalue weighted by Crippen LogP contribution is -2.41. The van der Waals surface area contributed by atoms with Gasteiger partial charge in [0.1, 0.15) is 12.4 Å². The number of hydrogen-bond donors (Lipinski definition) is 1. The maximum atomic E-state index is 13.0. The van der Waals surface area contributed by atoms with Gasteiger partial charge in [-0.2, -0.15) is 20.2 Å². The molecule has 0 aliphatic rings. The summed E-state index contributed by atoms with van der Waals surface area (Å²) in [5.74, 6) is 1.43. The predicted octanol–water partition coefficient (Wildman–Crippen LogP) is 7.13. The first-order valence-corrected chi connectivity index (χ1v) is 16.4. The quantitative estimate of drug-likeness (QED) is 0.183. The van der Waals surface area contributed by atoms with E-state index >= 15 is 0 Å². The van der Waals surface area contributed by atoms with Crippen molar-refractivity contribution in [3.05, 3.63) is 113 Å². The molecule has 2 atom stereocenters.